The topological polar surface area (TPSA) is 25.8 Å². The molecule has 0 saturated carbocycles. The molecule has 11 aromatic rings. The van der Waals surface area contributed by atoms with Gasteiger partial charge in [0.1, 0.15) is 0 Å². The Hall–Kier alpha value is -7.68. The van der Waals surface area contributed by atoms with Gasteiger partial charge in [0.15, 0.2) is 0 Å². The summed E-state index contributed by atoms with van der Waals surface area (Å²) >= 11 is 0. The molecule has 59 heavy (non-hydrogen) atoms. The first-order valence-electron chi connectivity index (χ1n) is 20.3. The molecule has 0 unspecified atom stereocenters. The highest BCUT2D eigenvalue weighted by molar-refractivity contribution is 6.11. The van der Waals surface area contributed by atoms with Crippen molar-refractivity contribution in [1.82, 2.24) is 9.97 Å². The Labute approximate surface area is 342 Å². The summed E-state index contributed by atoms with van der Waals surface area (Å²) < 4.78 is 0. The normalized spacial score (nSPS) is 12.9. The Balaban J connectivity index is 1.09. The highest BCUT2D eigenvalue weighted by atomic mass is 14.7. The van der Waals surface area contributed by atoms with Gasteiger partial charge in [0.2, 0.25) is 0 Å². The molecule has 0 N–H and O–H groups in total. The molecule has 0 aliphatic heterocycles. The second-order valence-corrected chi connectivity index (χ2v) is 15.7. The highest BCUT2D eigenvalue weighted by Crippen LogP contribution is 2.59. The molecule has 2 heterocycles. The van der Waals surface area contributed by atoms with E-state index in [-0.39, 0.29) is 0 Å². The fraction of sp³-hybridized carbons (Fsp3) is 0.0175. The molecule has 0 atom stereocenters. The molecule has 1 aliphatic rings. The maximum atomic E-state index is 5.71. The van der Waals surface area contributed by atoms with Crippen molar-refractivity contribution in [2.24, 2.45) is 0 Å². The van der Waals surface area contributed by atoms with Crippen LogP contribution in [0.2, 0.25) is 0 Å². The first kappa shape index (κ1) is 33.5. The van der Waals surface area contributed by atoms with Gasteiger partial charge in [0.05, 0.1) is 27.8 Å². The quantitative estimate of drug-likeness (QED) is 0.175. The number of fused-ring (bicyclic) bond motifs is 8. The van der Waals surface area contributed by atoms with E-state index in [1.165, 1.54) is 60.5 Å². The fourth-order valence-corrected chi connectivity index (χ4v) is 9.72. The van der Waals surface area contributed by atoms with Crippen LogP contribution < -0.4 is 0 Å². The average Bonchev–Trinajstić information content (AvgIpc) is 3.60. The molecule has 9 aromatic carbocycles. The molecule has 0 bridgehead atoms. The molecule has 0 fully saturated rings. The standard InChI is InChI=1S/C57H36N2/c1-3-16-45(17-4-1)57(46-18-5-2-6-19-46)50-36-49(43-29-25-37-13-7-8-15-41(37)33-43)47-20-10-11-21-48(47)55(50)56-51(57)34-44-30-28-42(35-54(44)59-56)38-23-26-40(27-24-38)53-32-31-39-14-9-12-22-52(39)58-53/h1-36H. The molecule has 274 valence electrons. The highest BCUT2D eigenvalue weighted by Gasteiger charge is 2.48. The number of hydrogen-bond acceptors (Lipinski definition) is 2. The lowest BCUT2D eigenvalue weighted by Crippen LogP contribution is -2.28. The summed E-state index contributed by atoms with van der Waals surface area (Å²) in [5.41, 5.74) is 15.3. The molecule has 12 rings (SSSR count). The summed E-state index contributed by atoms with van der Waals surface area (Å²) in [6.45, 7) is 0. The maximum Gasteiger partial charge on any atom is 0.0767 e. The molecule has 0 radical (unpaired) electrons. The number of hydrogen-bond donors (Lipinski definition) is 0. The Morgan fingerprint density at radius 3 is 1.69 bits per heavy atom. The summed E-state index contributed by atoms with van der Waals surface area (Å²) in [5, 5.41) is 7.18. The lowest BCUT2D eigenvalue weighted by Gasteiger charge is -2.34. The summed E-state index contributed by atoms with van der Waals surface area (Å²) in [7, 11) is 0. The fourth-order valence-electron chi connectivity index (χ4n) is 9.72. The van der Waals surface area contributed by atoms with Crippen molar-refractivity contribution in [3.8, 4) is 44.8 Å². The van der Waals surface area contributed by atoms with Crippen molar-refractivity contribution >= 4 is 43.4 Å². The van der Waals surface area contributed by atoms with E-state index in [4.69, 9.17) is 9.97 Å². The molecule has 0 amide bonds. The van der Waals surface area contributed by atoms with Crippen molar-refractivity contribution in [1.29, 1.82) is 0 Å². The van der Waals surface area contributed by atoms with Crippen LogP contribution in [-0.4, -0.2) is 9.97 Å². The number of pyridine rings is 2. The molecule has 1 aliphatic carbocycles. The lowest BCUT2D eigenvalue weighted by molar-refractivity contribution is 0.769. The maximum absolute atomic E-state index is 5.71. The van der Waals surface area contributed by atoms with Crippen LogP contribution in [0.4, 0.5) is 0 Å². The molecular weight excluding hydrogens is 713 g/mol. The van der Waals surface area contributed by atoms with E-state index >= 15 is 0 Å². The predicted octanol–water partition coefficient (Wildman–Crippen LogP) is 14.5. The third-order valence-corrected chi connectivity index (χ3v) is 12.5. The van der Waals surface area contributed by atoms with Crippen LogP contribution in [0.5, 0.6) is 0 Å². The zero-order valence-electron chi connectivity index (χ0n) is 32.2. The van der Waals surface area contributed by atoms with Crippen molar-refractivity contribution in [3.05, 3.63) is 241 Å². The molecule has 2 nitrogen and oxygen atoms in total. The van der Waals surface area contributed by atoms with Crippen molar-refractivity contribution in [2.75, 3.05) is 0 Å². The van der Waals surface area contributed by atoms with Gasteiger partial charge in [-0.2, -0.15) is 0 Å². The number of rotatable bonds is 5. The molecule has 2 heteroatoms. The van der Waals surface area contributed by atoms with E-state index in [1.807, 2.05) is 6.07 Å². The van der Waals surface area contributed by atoms with E-state index in [1.54, 1.807) is 0 Å². The number of nitrogens with zero attached hydrogens (tertiary/aromatic N) is 2. The number of para-hydroxylation sites is 1. The van der Waals surface area contributed by atoms with Gasteiger partial charge in [-0.25, -0.2) is 9.97 Å². The predicted molar refractivity (Wildman–Crippen MR) is 246 cm³/mol. The van der Waals surface area contributed by atoms with Crippen LogP contribution in [-0.2, 0) is 5.41 Å². The van der Waals surface area contributed by atoms with Gasteiger partial charge in [0, 0.05) is 21.9 Å². The van der Waals surface area contributed by atoms with Crippen LogP contribution in [0.25, 0.3) is 88.1 Å². The minimum absolute atomic E-state index is 0.602. The Morgan fingerprint density at radius 1 is 0.322 bits per heavy atom. The van der Waals surface area contributed by atoms with Crippen LogP contribution >= 0.6 is 0 Å². The van der Waals surface area contributed by atoms with Gasteiger partial charge in [-0.15, -0.1) is 0 Å². The van der Waals surface area contributed by atoms with Gasteiger partial charge in [-0.05, 0) is 102 Å². The third kappa shape index (κ3) is 5.20. The summed E-state index contributed by atoms with van der Waals surface area (Å²) in [5.74, 6) is 0. The van der Waals surface area contributed by atoms with Crippen molar-refractivity contribution < 1.29 is 0 Å². The number of aromatic nitrogens is 2. The van der Waals surface area contributed by atoms with E-state index in [2.05, 4.69) is 212 Å². The summed E-state index contributed by atoms with van der Waals surface area (Å²) in [4.78, 5) is 10.6. The van der Waals surface area contributed by atoms with Crippen molar-refractivity contribution in [2.45, 2.75) is 5.41 Å². The first-order valence-corrected chi connectivity index (χ1v) is 20.3. The van der Waals surface area contributed by atoms with Crippen LogP contribution in [0, 0.1) is 0 Å². The average molecular weight is 749 g/mol. The van der Waals surface area contributed by atoms with Crippen molar-refractivity contribution in [3.63, 3.8) is 0 Å². The Bertz CT molecular complexity index is 3380. The monoisotopic (exact) mass is 748 g/mol. The summed E-state index contributed by atoms with van der Waals surface area (Å²) in [6, 6.07) is 79.4. The molecule has 0 spiro atoms. The smallest absolute Gasteiger partial charge is 0.0767 e. The zero-order valence-corrected chi connectivity index (χ0v) is 32.2. The second-order valence-electron chi connectivity index (χ2n) is 15.7. The zero-order chi connectivity index (χ0) is 38.9. The third-order valence-electron chi connectivity index (χ3n) is 12.5. The van der Waals surface area contributed by atoms with Gasteiger partial charge in [-0.3, -0.25) is 0 Å². The second kappa shape index (κ2) is 13.2. The minimum atomic E-state index is -0.602. The van der Waals surface area contributed by atoms with Crippen LogP contribution in [0.1, 0.15) is 22.3 Å². The first-order chi connectivity index (χ1) is 29.2. The molecule has 0 saturated heterocycles. The van der Waals surface area contributed by atoms with Crippen LogP contribution in [0.15, 0.2) is 218 Å². The minimum Gasteiger partial charge on any atom is -0.248 e. The van der Waals surface area contributed by atoms with Crippen LogP contribution in [0.3, 0.4) is 0 Å². The van der Waals surface area contributed by atoms with E-state index < -0.39 is 5.41 Å². The molecular formula is C57H36N2. The Morgan fingerprint density at radius 2 is 0.915 bits per heavy atom. The number of benzene rings is 9. The summed E-state index contributed by atoms with van der Waals surface area (Å²) in [6.07, 6.45) is 0. The van der Waals surface area contributed by atoms with E-state index in [0.29, 0.717) is 0 Å². The lowest BCUT2D eigenvalue weighted by atomic mass is 9.67. The van der Waals surface area contributed by atoms with Gasteiger partial charge in [0.25, 0.3) is 0 Å². The molecule has 2 aromatic heterocycles. The van der Waals surface area contributed by atoms with Gasteiger partial charge < -0.3 is 0 Å². The SMILES string of the molecule is c1ccc(C2(c3ccccc3)c3cc4ccc(-c5ccc(-c6ccc7ccccc7n6)cc5)cc4nc3-c3c2cc(-c2ccc4ccccc4c2)c2ccccc32)cc1. The van der Waals surface area contributed by atoms with Gasteiger partial charge in [-0.1, -0.05) is 182 Å². The van der Waals surface area contributed by atoms with E-state index in [9.17, 15) is 0 Å². The van der Waals surface area contributed by atoms with E-state index in [0.717, 1.165) is 49.9 Å². The largest absolute Gasteiger partial charge is 0.248 e. The van der Waals surface area contributed by atoms with Gasteiger partial charge >= 0.3 is 0 Å². The Kier molecular flexibility index (Phi) is 7.48.